The van der Waals surface area contributed by atoms with Crippen molar-refractivity contribution in [3.63, 3.8) is 0 Å². The number of benzene rings is 1. The molecular formula is C13H16BrNO3. The van der Waals surface area contributed by atoms with Gasteiger partial charge in [0.25, 0.3) is 0 Å². The number of carboxylic acids is 1. The van der Waals surface area contributed by atoms with Gasteiger partial charge >= 0.3 is 5.97 Å². The zero-order valence-electron chi connectivity index (χ0n) is 10.1. The molecule has 0 spiro atoms. The lowest BCUT2D eigenvalue weighted by atomic mass is 9.89. The largest absolute Gasteiger partial charge is 0.478 e. The average molecular weight is 314 g/mol. The molecule has 0 atom stereocenters. The molecule has 0 radical (unpaired) electrons. The number of ether oxygens (including phenoxy) is 1. The molecule has 0 unspecified atom stereocenters. The van der Waals surface area contributed by atoms with Crippen molar-refractivity contribution in [1.29, 1.82) is 0 Å². The van der Waals surface area contributed by atoms with Crippen LogP contribution < -0.4 is 5.32 Å². The molecule has 4 nitrogen and oxygen atoms in total. The summed E-state index contributed by atoms with van der Waals surface area (Å²) in [4.78, 5) is 10.8. The van der Waals surface area contributed by atoms with Gasteiger partial charge in [0, 0.05) is 24.2 Å². The summed E-state index contributed by atoms with van der Waals surface area (Å²) >= 11 is 3.40. The lowest BCUT2D eigenvalue weighted by Crippen LogP contribution is -2.44. The number of halogens is 1. The van der Waals surface area contributed by atoms with E-state index in [1.165, 1.54) is 0 Å². The number of hydrogen-bond acceptors (Lipinski definition) is 3. The van der Waals surface area contributed by atoms with Crippen molar-refractivity contribution in [2.75, 3.05) is 7.11 Å². The van der Waals surface area contributed by atoms with Crippen molar-refractivity contribution in [3.05, 3.63) is 33.8 Å². The zero-order valence-corrected chi connectivity index (χ0v) is 11.7. The van der Waals surface area contributed by atoms with Crippen molar-refractivity contribution < 1.29 is 14.6 Å². The Morgan fingerprint density at radius 3 is 2.83 bits per heavy atom. The fourth-order valence-electron chi connectivity index (χ4n) is 2.00. The van der Waals surface area contributed by atoms with Gasteiger partial charge in [-0.1, -0.05) is 22.0 Å². The highest BCUT2D eigenvalue weighted by atomic mass is 79.9. The number of hydrogen-bond donors (Lipinski definition) is 2. The van der Waals surface area contributed by atoms with E-state index in [0.717, 1.165) is 29.4 Å². The van der Waals surface area contributed by atoms with Crippen LogP contribution in [0.5, 0.6) is 0 Å². The first-order valence-corrected chi connectivity index (χ1v) is 6.67. The summed E-state index contributed by atoms with van der Waals surface area (Å²) in [7, 11) is 1.74. The first-order valence-electron chi connectivity index (χ1n) is 5.88. The fourth-order valence-corrected chi connectivity index (χ4v) is 2.52. The van der Waals surface area contributed by atoms with Crippen molar-refractivity contribution in [2.45, 2.75) is 31.5 Å². The van der Waals surface area contributed by atoms with Crippen LogP contribution in [-0.4, -0.2) is 30.3 Å². The Labute approximate surface area is 114 Å². The molecule has 18 heavy (non-hydrogen) atoms. The molecule has 0 aliphatic heterocycles. The molecule has 98 valence electrons. The van der Waals surface area contributed by atoms with Gasteiger partial charge in [0.15, 0.2) is 0 Å². The molecule has 5 heteroatoms. The van der Waals surface area contributed by atoms with E-state index < -0.39 is 5.97 Å². The number of methoxy groups -OCH3 is 1. The lowest BCUT2D eigenvalue weighted by Gasteiger charge is -2.34. The fraction of sp³-hybridized carbons (Fsp3) is 0.462. The Kier molecular flexibility index (Phi) is 4.37. The number of rotatable bonds is 5. The van der Waals surface area contributed by atoms with Crippen LogP contribution in [0.25, 0.3) is 0 Å². The summed E-state index contributed by atoms with van der Waals surface area (Å²) in [6.45, 7) is 0.738. The van der Waals surface area contributed by atoms with E-state index in [1.807, 2.05) is 6.07 Å². The van der Waals surface area contributed by atoms with Crippen LogP contribution in [0.3, 0.4) is 0 Å². The van der Waals surface area contributed by atoms with Gasteiger partial charge in [-0.2, -0.15) is 0 Å². The molecule has 1 aromatic carbocycles. The minimum atomic E-state index is -0.905. The summed E-state index contributed by atoms with van der Waals surface area (Å²) in [5.41, 5.74) is 1.37. The third kappa shape index (κ3) is 3.10. The molecular weight excluding hydrogens is 298 g/mol. The molecule has 2 rings (SSSR count). The van der Waals surface area contributed by atoms with E-state index >= 15 is 0 Å². The molecule has 0 bridgehead atoms. The van der Waals surface area contributed by atoms with E-state index in [2.05, 4.69) is 21.2 Å². The second-order valence-electron chi connectivity index (χ2n) is 4.52. The number of nitrogens with one attached hydrogen (secondary N) is 1. The summed E-state index contributed by atoms with van der Waals surface area (Å²) in [6, 6.07) is 5.61. The summed E-state index contributed by atoms with van der Waals surface area (Å²) in [5, 5.41) is 12.3. The van der Waals surface area contributed by atoms with Crippen LogP contribution in [0.15, 0.2) is 22.7 Å². The minimum absolute atomic E-state index is 0.300. The van der Waals surface area contributed by atoms with E-state index in [0.29, 0.717) is 17.7 Å². The van der Waals surface area contributed by atoms with Crippen LogP contribution >= 0.6 is 15.9 Å². The summed E-state index contributed by atoms with van der Waals surface area (Å²) in [6.07, 6.45) is 2.48. The van der Waals surface area contributed by atoms with Gasteiger partial charge in [0.2, 0.25) is 0 Å². The Morgan fingerprint density at radius 1 is 1.56 bits per heavy atom. The zero-order chi connectivity index (χ0) is 13.1. The van der Waals surface area contributed by atoms with Crippen LogP contribution in [0.4, 0.5) is 0 Å². The smallest absolute Gasteiger partial charge is 0.335 e. The Balaban J connectivity index is 1.88. The quantitative estimate of drug-likeness (QED) is 0.876. The van der Waals surface area contributed by atoms with Gasteiger partial charge in [-0.25, -0.2) is 4.79 Å². The van der Waals surface area contributed by atoms with E-state index in [4.69, 9.17) is 9.84 Å². The highest BCUT2D eigenvalue weighted by Gasteiger charge is 2.28. The summed E-state index contributed by atoms with van der Waals surface area (Å²) < 4.78 is 6.05. The standard InChI is InChI=1S/C13H16BrNO3/c1-18-11-5-10(6-11)15-7-9-3-2-8(13(16)17)4-12(9)14/h2-4,10-11,15H,5-7H2,1H3,(H,16,17). The molecule has 1 aliphatic carbocycles. The highest BCUT2D eigenvalue weighted by molar-refractivity contribution is 9.10. The topological polar surface area (TPSA) is 58.6 Å². The van der Waals surface area contributed by atoms with Crippen LogP contribution in [-0.2, 0) is 11.3 Å². The SMILES string of the molecule is COC1CC(NCc2ccc(C(=O)O)cc2Br)C1. The first-order chi connectivity index (χ1) is 8.60. The van der Waals surface area contributed by atoms with Gasteiger partial charge in [-0.3, -0.25) is 0 Å². The molecule has 1 aliphatic rings. The van der Waals surface area contributed by atoms with Crippen molar-refractivity contribution in [3.8, 4) is 0 Å². The lowest BCUT2D eigenvalue weighted by molar-refractivity contribution is 0.0170. The van der Waals surface area contributed by atoms with Gasteiger partial charge in [0.05, 0.1) is 11.7 Å². The molecule has 2 N–H and O–H groups in total. The molecule has 0 amide bonds. The van der Waals surface area contributed by atoms with Crippen LogP contribution in [0.1, 0.15) is 28.8 Å². The Bertz CT molecular complexity index is 444. The normalized spacial score (nSPS) is 22.6. The van der Waals surface area contributed by atoms with Gasteiger partial charge in [-0.05, 0) is 30.5 Å². The molecule has 1 saturated carbocycles. The predicted molar refractivity (Wildman–Crippen MR) is 71.8 cm³/mol. The molecule has 1 fully saturated rings. The third-order valence-corrected chi connectivity index (χ3v) is 4.05. The monoisotopic (exact) mass is 313 g/mol. The van der Waals surface area contributed by atoms with Crippen LogP contribution in [0.2, 0.25) is 0 Å². The highest BCUT2D eigenvalue weighted by Crippen LogP contribution is 2.24. The van der Waals surface area contributed by atoms with Crippen molar-refractivity contribution in [1.82, 2.24) is 5.32 Å². The molecule has 0 heterocycles. The Morgan fingerprint density at radius 2 is 2.28 bits per heavy atom. The minimum Gasteiger partial charge on any atom is -0.478 e. The van der Waals surface area contributed by atoms with E-state index in [1.54, 1.807) is 19.2 Å². The first kappa shape index (κ1) is 13.5. The third-order valence-electron chi connectivity index (χ3n) is 3.31. The van der Waals surface area contributed by atoms with Crippen molar-refractivity contribution in [2.24, 2.45) is 0 Å². The maximum Gasteiger partial charge on any atom is 0.335 e. The van der Waals surface area contributed by atoms with Gasteiger partial charge in [0.1, 0.15) is 0 Å². The molecule has 0 aromatic heterocycles. The molecule has 0 saturated heterocycles. The number of carboxylic acid groups (broad SMARTS) is 1. The summed E-state index contributed by atoms with van der Waals surface area (Å²) in [5.74, 6) is -0.905. The molecule has 1 aromatic rings. The number of aromatic carboxylic acids is 1. The second kappa shape index (κ2) is 5.82. The maximum absolute atomic E-state index is 10.8. The van der Waals surface area contributed by atoms with Crippen LogP contribution in [0, 0.1) is 0 Å². The van der Waals surface area contributed by atoms with E-state index in [-0.39, 0.29) is 0 Å². The van der Waals surface area contributed by atoms with Crippen molar-refractivity contribution >= 4 is 21.9 Å². The second-order valence-corrected chi connectivity index (χ2v) is 5.37. The van der Waals surface area contributed by atoms with Gasteiger partial charge in [-0.15, -0.1) is 0 Å². The van der Waals surface area contributed by atoms with E-state index in [9.17, 15) is 4.79 Å². The van der Waals surface area contributed by atoms with Gasteiger partial charge < -0.3 is 15.2 Å². The average Bonchev–Trinajstić information content (AvgIpc) is 2.28. The predicted octanol–water partition coefficient (Wildman–Crippen LogP) is 2.41. The maximum atomic E-state index is 10.8. The Hall–Kier alpha value is -0.910. The number of carbonyl (C=O) groups is 1.